The first-order chi connectivity index (χ1) is 8.77. The van der Waals surface area contributed by atoms with Gasteiger partial charge in [-0.3, -0.25) is 4.79 Å². The summed E-state index contributed by atoms with van der Waals surface area (Å²) in [5, 5.41) is 0. The van der Waals surface area contributed by atoms with Gasteiger partial charge in [0.25, 0.3) is 0 Å². The zero-order valence-electron chi connectivity index (χ0n) is 10.1. The number of H-pyrrole nitrogens is 1. The van der Waals surface area contributed by atoms with Crippen molar-refractivity contribution in [1.82, 2.24) is 9.88 Å². The van der Waals surface area contributed by atoms with E-state index in [4.69, 9.17) is 0 Å². The molecule has 2 heterocycles. The van der Waals surface area contributed by atoms with Crippen LogP contribution in [0.25, 0.3) is 6.08 Å². The first-order valence-corrected chi connectivity index (χ1v) is 5.96. The van der Waals surface area contributed by atoms with E-state index in [1.165, 1.54) is 0 Å². The van der Waals surface area contributed by atoms with Crippen LogP contribution in [0.1, 0.15) is 29.8 Å². The molecule has 1 aromatic heterocycles. The Balaban J connectivity index is 2.16. The van der Waals surface area contributed by atoms with Crippen LogP contribution in [0.15, 0.2) is 48.8 Å². The van der Waals surface area contributed by atoms with Crippen LogP contribution in [-0.4, -0.2) is 15.8 Å². The van der Waals surface area contributed by atoms with E-state index in [-0.39, 0.29) is 11.9 Å². The normalized spacial score (nSPS) is 17.6. The third-order valence-corrected chi connectivity index (χ3v) is 3.26. The van der Waals surface area contributed by atoms with E-state index >= 15 is 0 Å². The number of amides is 1. The van der Waals surface area contributed by atoms with Crippen molar-refractivity contribution in [3.8, 4) is 0 Å². The topological polar surface area (TPSA) is 36.1 Å². The predicted molar refractivity (Wildman–Crippen MR) is 70.6 cm³/mol. The van der Waals surface area contributed by atoms with Crippen molar-refractivity contribution in [2.75, 3.05) is 0 Å². The second-order valence-corrected chi connectivity index (χ2v) is 4.40. The zero-order chi connectivity index (χ0) is 12.5. The predicted octanol–water partition coefficient (Wildman–Crippen LogP) is 2.94. The number of aromatic nitrogens is 1. The maximum Gasteiger partial charge on any atom is 0.224 e. The van der Waals surface area contributed by atoms with Gasteiger partial charge in [-0.05, 0) is 29.3 Å². The molecule has 0 radical (unpaired) electrons. The summed E-state index contributed by atoms with van der Waals surface area (Å²) >= 11 is 0. The van der Waals surface area contributed by atoms with Gasteiger partial charge in [-0.1, -0.05) is 24.3 Å². The molecule has 0 saturated heterocycles. The van der Waals surface area contributed by atoms with Crippen LogP contribution >= 0.6 is 0 Å². The Morgan fingerprint density at radius 2 is 2.06 bits per heavy atom. The number of carbonyl (C=O) groups excluding carboxylic acids is 1. The summed E-state index contributed by atoms with van der Waals surface area (Å²) in [6, 6.07) is 12.1. The number of fused-ring (bicyclic) bond motifs is 1. The summed E-state index contributed by atoms with van der Waals surface area (Å²) < 4.78 is 0. The molecule has 1 N–H and O–H groups in total. The Morgan fingerprint density at radius 3 is 2.78 bits per heavy atom. The highest BCUT2D eigenvalue weighted by molar-refractivity contribution is 5.78. The van der Waals surface area contributed by atoms with Gasteiger partial charge in [-0.2, -0.15) is 0 Å². The van der Waals surface area contributed by atoms with Crippen LogP contribution < -0.4 is 0 Å². The Kier molecular flexibility index (Phi) is 2.52. The van der Waals surface area contributed by atoms with Crippen LogP contribution in [0.4, 0.5) is 0 Å². The molecule has 3 heteroatoms. The number of carbonyl (C=O) groups is 1. The van der Waals surface area contributed by atoms with Crippen molar-refractivity contribution in [3.05, 3.63) is 65.6 Å². The van der Waals surface area contributed by atoms with E-state index in [1.807, 2.05) is 42.7 Å². The van der Waals surface area contributed by atoms with Gasteiger partial charge < -0.3 is 9.88 Å². The molecule has 90 valence electrons. The average Bonchev–Trinajstić information content (AvgIpc) is 2.90. The molecule has 2 aromatic rings. The molecular weight excluding hydrogens is 224 g/mol. The Hall–Kier alpha value is -2.29. The monoisotopic (exact) mass is 238 g/mol. The molecule has 3 nitrogen and oxygen atoms in total. The smallest absolute Gasteiger partial charge is 0.224 e. The molecule has 0 saturated carbocycles. The van der Waals surface area contributed by atoms with Crippen LogP contribution in [-0.2, 0) is 4.79 Å². The van der Waals surface area contributed by atoms with Crippen molar-refractivity contribution in [2.45, 2.75) is 13.0 Å². The minimum absolute atomic E-state index is 0.0420. The lowest BCUT2D eigenvalue weighted by molar-refractivity contribution is -0.127. The minimum Gasteiger partial charge on any atom is -0.363 e. The summed E-state index contributed by atoms with van der Waals surface area (Å²) in [6.07, 6.45) is 5.72. The summed E-state index contributed by atoms with van der Waals surface area (Å²) in [4.78, 5) is 16.7. The molecule has 18 heavy (non-hydrogen) atoms. The van der Waals surface area contributed by atoms with E-state index in [0.717, 1.165) is 16.8 Å². The van der Waals surface area contributed by atoms with E-state index < -0.39 is 0 Å². The van der Waals surface area contributed by atoms with E-state index in [1.54, 1.807) is 11.8 Å². The first-order valence-electron chi connectivity index (χ1n) is 5.96. The highest BCUT2D eigenvalue weighted by atomic mass is 16.2. The van der Waals surface area contributed by atoms with Crippen LogP contribution in [0, 0.1) is 0 Å². The van der Waals surface area contributed by atoms with Crippen molar-refractivity contribution in [3.63, 3.8) is 0 Å². The van der Waals surface area contributed by atoms with Crippen molar-refractivity contribution in [2.24, 2.45) is 0 Å². The first kappa shape index (κ1) is 10.8. The molecule has 0 spiro atoms. The van der Waals surface area contributed by atoms with Gasteiger partial charge in [0.05, 0.1) is 0 Å². The molecule has 0 fully saturated rings. The molecule has 0 aliphatic carbocycles. The molecule has 1 unspecified atom stereocenters. The minimum atomic E-state index is -0.0568. The Labute approximate surface area is 106 Å². The van der Waals surface area contributed by atoms with Crippen LogP contribution in [0.3, 0.4) is 0 Å². The van der Waals surface area contributed by atoms with Gasteiger partial charge >= 0.3 is 0 Å². The highest BCUT2D eigenvalue weighted by Crippen LogP contribution is 2.34. The molecule has 1 amide bonds. The molecule has 3 rings (SSSR count). The number of hydrogen-bond acceptors (Lipinski definition) is 1. The fraction of sp³-hybridized carbons (Fsp3) is 0.133. The molecule has 1 aromatic carbocycles. The summed E-state index contributed by atoms with van der Waals surface area (Å²) in [6.45, 7) is 1.59. The summed E-state index contributed by atoms with van der Waals surface area (Å²) in [7, 11) is 0. The number of nitrogens with zero attached hydrogens (tertiary/aromatic N) is 1. The standard InChI is InChI=1S/C15H14N2O/c1-11(18)17-10-8-12-5-2-3-6-13(12)15(17)14-7-4-9-16-14/h2-10,15-16H,1H3. The SMILES string of the molecule is CC(=O)N1C=Cc2ccccc2C1c1ccc[nH]1. The van der Waals surface area contributed by atoms with Gasteiger partial charge in [0.15, 0.2) is 0 Å². The molecule has 0 bridgehead atoms. The van der Waals surface area contributed by atoms with E-state index in [9.17, 15) is 4.79 Å². The van der Waals surface area contributed by atoms with Crippen molar-refractivity contribution < 1.29 is 4.79 Å². The number of nitrogens with one attached hydrogen (secondary N) is 1. The fourth-order valence-electron chi connectivity index (χ4n) is 2.43. The molecular formula is C15H14N2O. The maximum absolute atomic E-state index is 11.8. The number of rotatable bonds is 1. The summed E-state index contributed by atoms with van der Waals surface area (Å²) in [5.74, 6) is 0.0420. The number of hydrogen-bond donors (Lipinski definition) is 1. The van der Waals surface area contributed by atoms with E-state index in [2.05, 4.69) is 17.1 Å². The lowest BCUT2D eigenvalue weighted by Gasteiger charge is -2.32. The fourth-order valence-corrected chi connectivity index (χ4v) is 2.43. The lowest BCUT2D eigenvalue weighted by Crippen LogP contribution is -2.31. The van der Waals surface area contributed by atoms with Gasteiger partial charge in [-0.15, -0.1) is 0 Å². The quantitative estimate of drug-likeness (QED) is 0.814. The lowest BCUT2D eigenvalue weighted by atomic mass is 9.94. The number of aromatic amines is 1. The van der Waals surface area contributed by atoms with Crippen LogP contribution in [0.2, 0.25) is 0 Å². The van der Waals surface area contributed by atoms with Crippen molar-refractivity contribution in [1.29, 1.82) is 0 Å². The third-order valence-electron chi connectivity index (χ3n) is 3.26. The van der Waals surface area contributed by atoms with Gasteiger partial charge in [0.2, 0.25) is 5.91 Å². The zero-order valence-corrected chi connectivity index (χ0v) is 10.1. The molecule has 1 aliphatic heterocycles. The second kappa shape index (κ2) is 4.18. The Morgan fingerprint density at radius 1 is 1.22 bits per heavy atom. The summed E-state index contributed by atoms with van der Waals surface area (Å²) in [5.41, 5.74) is 3.34. The van der Waals surface area contributed by atoms with Gasteiger partial charge in [-0.25, -0.2) is 0 Å². The average molecular weight is 238 g/mol. The third kappa shape index (κ3) is 1.64. The second-order valence-electron chi connectivity index (χ2n) is 4.40. The molecule has 1 atom stereocenters. The molecule has 1 aliphatic rings. The van der Waals surface area contributed by atoms with Gasteiger partial charge in [0.1, 0.15) is 6.04 Å². The maximum atomic E-state index is 11.8. The van der Waals surface area contributed by atoms with Gasteiger partial charge in [0, 0.05) is 25.0 Å². The van der Waals surface area contributed by atoms with E-state index in [0.29, 0.717) is 0 Å². The number of benzene rings is 1. The highest BCUT2D eigenvalue weighted by Gasteiger charge is 2.27. The Bertz CT molecular complexity index is 599. The van der Waals surface area contributed by atoms with Crippen molar-refractivity contribution >= 4 is 12.0 Å². The largest absolute Gasteiger partial charge is 0.363 e. The van der Waals surface area contributed by atoms with Crippen LogP contribution in [0.5, 0.6) is 0 Å².